The van der Waals surface area contributed by atoms with Gasteiger partial charge in [0.2, 0.25) is 10.0 Å². The largest absolute Gasteiger partial charge is 0.399 e. The molecule has 0 fully saturated rings. The van der Waals surface area contributed by atoms with Crippen LogP contribution < -0.4 is 10.5 Å². The van der Waals surface area contributed by atoms with E-state index < -0.39 is 10.0 Å². The average Bonchev–Trinajstić information content (AvgIpc) is 2.59. The molecular formula is C21H24N2O2S. The number of nitrogens with two attached hydrogens (primary N) is 1. The molecule has 0 amide bonds. The smallest absolute Gasteiger partial charge is 0.240 e. The van der Waals surface area contributed by atoms with Crippen molar-refractivity contribution in [3.63, 3.8) is 0 Å². The Hall–Kier alpha value is -2.37. The van der Waals surface area contributed by atoms with E-state index in [1.54, 1.807) is 24.3 Å². The summed E-state index contributed by atoms with van der Waals surface area (Å²) in [6, 6.07) is 18.5. The van der Waals surface area contributed by atoms with E-state index in [9.17, 15) is 8.42 Å². The number of hydrogen-bond donors (Lipinski definition) is 2. The van der Waals surface area contributed by atoms with Gasteiger partial charge in [-0.25, -0.2) is 13.1 Å². The minimum absolute atomic E-state index is 0.0759. The van der Waals surface area contributed by atoms with Crippen molar-refractivity contribution in [2.75, 3.05) is 5.73 Å². The van der Waals surface area contributed by atoms with Gasteiger partial charge in [0.1, 0.15) is 0 Å². The molecule has 136 valence electrons. The van der Waals surface area contributed by atoms with Gasteiger partial charge in [0.15, 0.2) is 0 Å². The van der Waals surface area contributed by atoms with E-state index in [2.05, 4.69) is 25.5 Å². The maximum atomic E-state index is 12.6. The minimum Gasteiger partial charge on any atom is -0.399 e. The molecule has 0 aliphatic heterocycles. The lowest BCUT2D eigenvalue weighted by atomic mass is 9.87. The second-order valence-corrected chi connectivity index (χ2v) is 9.31. The minimum atomic E-state index is -3.58. The average molecular weight is 369 g/mol. The fourth-order valence-electron chi connectivity index (χ4n) is 2.79. The zero-order valence-electron chi connectivity index (χ0n) is 15.3. The highest BCUT2D eigenvalue weighted by molar-refractivity contribution is 7.89. The quantitative estimate of drug-likeness (QED) is 0.678. The third kappa shape index (κ3) is 4.06. The Labute approximate surface area is 155 Å². The Morgan fingerprint density at radius 1 is 0.885 bits per heavy atom. The Morgan fingerprint density at radius 2 is 1.50 bits per heavy atom. The molecule has 0 heterocycles. The van der Waals surface area contributed by atoms with Crippen LogP contribution in [-0.2, 0) is 22.0 Å². The Bertz CT molecular complexity index is 1030. The summed E-state index contributed by atoms with van der Waals surface area (Å²) in [5.41, 5.74) is 8.65. The standard InChI is InChI=1S/C21H24N2O2S/c1-21(2,3)18-8-4-15(5-9-18)14-23-26(24,25)20-11-7-16-12-19(22)10-6-17(16)13-20/h4-13,23H,14,22H2,1-3H3. The first-order chi connectivity index (χ1) is 12.1. The van der Waals surface area contributed by atoms with Gasteiger partial charge in [-0.1, -0.05) is 57.2 Å². The Balaban J connectivity index is 1.77. The van der Waals surface area contributed by atoms with E-state index >= 15 is 0 Å². The highest BCUT2D eigenvalue weighted by Gasteiger charge is 2.16. The Morgan fingerprint density at radius 3 is 2.15 bits per heavy atom. The summed E-state index contributed by atoms with van der Waals surface area (Å²) in [6.45, 7) is 6.71. The van der Waals surface area contributed by atoms with Crippen LogP contribution in [0.1, 0.15) is 31.9 Å². The molecule has 5 heteroatoms. The number of nitrogen functional groups attached to an aromatic ring is 1. The summed E-state index contributed by atoms with van der Waals surface area (Å²) in [7, 11) is -3.58. The molecule has 0 aliphatic rings. The van der Waals surface area contributed by atoms with Gasteiger partial charge in [0, 0.05) is 12.2 Å². The summed E-state index contributed by atoms with van der Waals surface area (Å²) >= 11 is 0. The van der Waals surface area contributed by atoms with Crippen molar-refractivity contribution in [3.8, 4) is 0 Å². The third-order valence-corrected chi connectivity index (χ3v) is 5.83. The number of hydrogen-bond acceptors (Lipinski definition) is 3. The predicted octanol–water partition coefficient (Wildman–Crippen LogP) is 4.20. The number of fused-ring (bicyclic) bond motifs is 1. The van der Waals surface area contributed by atoms with E-state index in [1.165, 1.54) is 5.56 Å². The van der Waals surface area contributed by atoms with Gasteiger partial charge in [-0.2, -0.15) is 0 Å². The topological polar surface area (TPSA) is 72.2 Å². The van der Waals surface area contributed by atoms with Gasteiger partial charge in [-0.05, 0) is 51.6 Å². The zero-order valence-corrected chi connectivity index (χ0v) is 16.1. The van der Waals surface area contributed by atoms with Crippen LogP contribution in [0.25, 0.3) is 10.8 Å². The second-order valence-electron chi connectivity index (χ2n) is 7.54. The van der Waals surface area contributed by atoms with Crippen molar-refractivity contribution in [2.24, 2.45) is 0 Å². The first kappa shape index (κ1) is 18.4. The number of rotatable bonds is 4. The van der Waals surface area contributed by atoms with Gasteiger partial charge >= 0.3 is 0 Å². The zero-order chi connectivity index (χ0) is 18.9. The maximum absolute atomic E-state index is 12.6. The summed E-state index contributed by atoms with van der Waals surface area (Å²) in [5.74, 6) is 0. The summed E-state index contributed by atoms with van der Waals surface area (Å²) < 4.78 is 27.9. The number of anilines is 1. The molecule has 3 aromatic rings. The molecule has 3 rings (SSSR count). The van der Waals surface area contributed by atoms with E-state index in [1.807, 2.05) is 36.4 Å². The van der Waals surface area contributed by atoms with E-state index in [0.717, 1.165) is 16.3 Å². The normalized spacial score (nSPS) is 12.4. The lowest BCUT2D eigenvalue weighted by Gasteiger charge is -2.19. The van der Waals surface area contributed by atoms with Crippen molar-refractivity contribution < 1.29 is 8.42 Å². The fraction of sp³-hybridized carbons (Fsp3) is 0.238. The van der Waals surface area contributed by atoms with Crippen molar-refractivity contribution >= 4 is 26.5 Å². The van der Waals surface area contributed by atoms with Crippen molar-refractivity contribution in [1.82, 2.24) is 4.72 Å². The van der Waals surface area contributed by atoms with Crippen molar-refractivity contribution in [1.29, 1.82) is 0 Å². The van der Waals surface area contributed by atoms with Crippen LogP contribution in [0, 0.1) is 0 Å². The van der Waals surface area contributed by atoms with E-state index in [4.69, 9.17) is 5.73 Å². The molecule has 0 saturated carbocycles. The SMILES string of the molecule is CC(C)(C)c1ccc(CNS(=O)(=O)c2ccc3cc(N)ccc3c2)cc1. The lowest BCUT2D eigenvalue weighted by Crippen LogP contribution is -2.23. The van der Waals surface area contributed by atoms with Crippen LogP contribution in [0.4, 0.5) is 5.69 Å². The Kier molecular flexibility index (Phi) is 4.78. The molecule has 3 aromatic carbocycles. The molecule has 0 aromatic heterocycles. The van der Waals surface area contributed by atoms with Crippen LogP contribution in [0.5, 0.6) is 0 Å². The van der Waals surface area contributed by atoms with Crippen LogP contribution >= 0.6 is 0 Å². The van der Waals surface area contributed by atoms with Gasteiger partial charge in [-0.3, -0.25) is 0 Å². The third-order valence-electron chi connectivity index (χ3n) is 4.43. The number of benzene rings is 3. The predicted molar refractivity (Wildman–Crippen MR) is 108 cm³/mol. The molecule has 0 aliphatic carbocycles. The maximum Gasteiger partial charge on any atom is 0.240 e. The van der Waals surface area contributed by atoms with Crippen LogP contribution in [0.2, 0.25) is 0 Å². The summed E-state index contributed by atoms with van der Waals surface area (Å²) in [6.07, 6.45) is 0. The fourth-order valence-corrected chi connectivity index (χ4v) is 3.85. The first-order valence-electron chi connectivity index (χ1n) is 8.53. The van der Waals surface area contributed by atoms with Gasteiger partial charge in [0.25, 0.3) is 0 Å². The number of sulfonamides is 1. The van der Waals surface area contributed by atoms with Crippen LogP contribution in [-0.4, -0.2) is 8.42 Å². The molecule has 0 radical (unpaired) electrons. The molecule has 0 saturated heterocycles. The van der Waals surface area contributed by atoms with E-state index in [-0.39, 0.29) is 16.9 Å². The molecule has 4 nitrogen and oxygen atoms in total. The van der Waals surface area contributed by atoms with Crippen molar-refractivity contribution in [2.45, 2.75) is 37.6 Å². The molecule has 26 heavy (non-hydrogen) atoms. The highest BCUT2D eigenvalue weighted by atomic mass is 32.2. The molecule has 0 spiro atoms. The second kappa shape index (κ2) is 6.74. The summed E-state index contributed by atoms with van der Waals surface area (Å²) in [4.78, 5) is 0.251. The lowest BCUT2D eigenvalue weighted by molar-refractivity contribution is 0.580. The molecule has 0 atom stereocenters. The summed E-state index contributed by atoms with van der Waals surface area (Å²) in [5, 5.41) is 1.76. The molecule has 0 unspecified atom stereocenters. The van der Waals surface area contributed by atoms with E-state index in [0.29, 0.717) is 5.69 Å². The van der Waals surface area contributed by atoms with Gasteiger partial charge in [-0.15, -0.1) is 0 Å². The molecule has 3 N–H and O–H groups in total. The van der Waals surface area contributed by atoms with Gasteiger partial charge in [0.05, 0.1) is 4.90 Å². The molecule has 0 bridgehead atoms. The molecular weight excluding hydrogens is 344 g/mol. The van der Waals surface area contributed by atoms with Crippen molar-refractivity contribution in [3.05, 3.63) is 71.8 Å². The number of nitrogens with one attached hydrogen (secondary N) is 1. The first-order valence-corrected chi connectivity index (χ1v) is 10.0. The van der Waals surface area contributed by atoms with Gasteiger partial charge < -0.3 is 5.73 Å². The highest BCUT2D eigenvalue weighted by Crippen LogP contribution is 2.23. The van der Waals surface area contributed by atoms with Crippen LogP contribution in [0.15, 0.2) is 65.6 Å². The monoisotopic (exact) mass is 368 g/mol. The van der Waals surface area contributed by atoms with Crippen LogP contribution in [0.3, 0.4) is 0 Å².